The van der Waals surface area contributed by atoms with Crippen LogP contribution in [0.5, 0.6) is 0 Å². The maximum Gasteiger partial charge on any atom is 0.124 e. The molecule has 4 aromatic rings. The molecule has 31 heavy (non-hydrogen) atoms. The summed E-state index contributed by atoms with van der Waals surface area (Å²) in [5.74, 6) is 9.00. The number of benzene rings is 3. The monoisotopic (exact) mass is 417 g/mol. The summed E-state index contributed by atoms with van der Waals surface area (Å²) in [5, 5.41) is 1.04. The van der Waals surface area contributed by atoms with Gasteiger partial charge in [-0.3, -0.25) is 0 Å². The third kappa shape index (κ3) is 2.91. The fourth-order valence-corrected chi connectivity index (χ4v) is 6.00. The van der Waals surface area contributed by atoms with Gasteiger partial charge in [0.1, 0.15) is 5.01 Å². The summed E-state index contributed by atoms with van der Waals surface area (Å²) in [6.07, 6.45) is 7.69. The zero-order valence-corrected chi connectivity index (χ0v) is 18.9. The molecular weight excluding hydrogens is 394 g/mol. The lowest BCUT2D eigenvalue weighted by atomic mass is 9.73. The molecule has 0 N–H and O–H groups in total. The molecule has 0 unspecified atom stereocenters. The van der Waals surface area contributed by atoms with Gasteiger partial charge in [-0.15, -0.1) is 23.7 Å². The molecule has 1 nitrogen and oxygen atoms in total. The number of terminal acetylenes is 1. The van der Waals surface area contributed by atoms with Crippen molar-refractivity contribution in [3.05, 3.63) is 76.9 Å². The van der Waals surface area contributed by atoms with Crippen molar-refractivity contribution in [3.63, 3.8) is 0 Å². The highest BCUT2D eigenvalue weighted by atomic mass is 32.1. The van der Waals surface area contributed by atoms with Crippen LogP contribution in [0.3, 0.4) is 0 Å². The SMILES string of the molecule is C#Cc1ccc2nc(-c3ccc4c(c3)C(CC)(CC)c3cc(C#CC)ccc3-4)sc2c1. The predicted octanol–water partition coefficient (Wildman–Crippen LogP) is 7.40. The first kappa shape index (κ1) is 19.6. The number of rotatable bonds is 3. The van der Waals surface area contributed by atoms with Gasteiger partial charge in [0.15, 0.2) is 0 Å². The Bertz CT molecular complexity index is 1430. The molecule has 0 bridgehead atoms. The van der Waals surface area contributed by atoms with E-state index in [-0.39, 0.29) is 5.41 Å². The fourth-order valence-electron chi connectivity index (χ4n) is 5.00. The van der Waals surface area contributed by atoms with Gasteiger partial charge in [0.2, 0.25) is 0 Å². The molecule has 1 aliphatic rings. The zero-order valence-electron chi connectivity index (χ0n) is 18.0. The van der Waals surface area contributed by atoms with Crippen LogP contribution in [0, 0.1) is 24.2 Å². The Morgan fingerprint density at radius 3 is 2.32 bits per heavy atom. The molecule has 0 spiro atoms. The van der Waals surface area contributed by atoms with Crippen molar-refractivity contribution < 1.29 is 0 Å². The summed E-state index contributed by atoms with van der Waals surface area (Å²) >= 11 is 1.71. The van der Waals surface area contributed by atoms with Crippen LogP contribution in [-0.2, 0) is 5.41 Å². The molecule has 0 saturated carbocycles. The minimum absolute atomic E-state index is 0.0133. The normalized spacial score (nSPS) is 13.2. The summed E-state index contributed by atoms with van der Waals surface area (Å²) < 4.78 is 1.13. The van der Waals surface area contributed by atoms with E-state index in [0.29, 0.717) is 0 Å². The first-order valence-corrected chi connectivity index (χ1v) is 11.5. The van der Waals surface area contributed by atoms with Crippen LogP contribution in [0.1, 0.15) is 55.9 Å². The van der Waals surface area contributed by atoms with E-state index >= 15 is 0 Å². The van der Waals surface area contributed by atoms with Gasteiger partial charge in [0, 0.05) is 22.1 Å². The number of hydrogen-bond acceptors (Lipinski definition) is 2. The van der Waals surface area contributed by atoms with E-state index in [1.165, 1.54) is 27.8 Å². The van der Waals surface area contributed by atoms with E-state index in [1.807, 2.05) is 19.1 Å². The van der Waals surface area contributed by atoms with Crippen LogP contribution in [0.2, 0.25) is 0 Å². The predicted molar refractivity (Wildman–Crippen MR) is 132 cm³/mol. The summed E-state index contributed by atoms with van der Waals surface area (Å²) in [6.45, 7) is 6.49. The van der Waals surface area contributed by atoms with Gasteiger partial charge in [-0.05, 0) is 78.4 Å². The first-order chi connectivity index (χ1) is 15.1. The van der Waals surface area contributed by atoms with E-state index < -0.39 is 0 Å². The van der Waals surface area contributed by atoms with Crippen LogP contribution in [0.4, 0.5) is 0 Å². The molecule has 2 heteroatoms. The second-order valence-corrected chi connectivity index (χ2v) is 9.06. The maximum absolute atomic E-state index is 5.58. The largest absolute Gasteiger partial charge is 0.236 e. The summed E-state index contributed by atoms with van der Waals surface area (Å²) in [4.78, 5) is 4.90. The highest BCUT2D eigenvalue weighted by Crippen LogP contribution is 2.53. The average molecular weight is 418 g/mol. The number of thiazole rings is 1. The summed E-state index contributed by atoms with van der Waals surface area (Å²) in [6, 6.07) is 19.6. The smallest absolute Gasteiger partial charge is 0.124 e. The van der Waals surface area contributed by atoms with Crippen molar-refractivity contribution in [2.24, 2.45) is 0 Å². The number of fused-ring (bicyclic) bond motifs is 4. The Balaban J connectivity index is 1.69. The maximum atomic E-state index is 5.58. The second-order valence-electron chi connectivity index (χ2n) is 8.03. The molecule has 1 aromatic heterocycles. The Kier molecular flexibility index (Phi) is 4.70. The molecule has 1 heterocycles. The molecule has 5 rings (SSSR count). The van der Waals surface area contributed by atoms with E-state index in [4.69, 9.17) is 11.4 Å². The first-order valence-electron chi connectivity index (χ1n) is 10.7. The molecule has 1 aliphatic carbocycles. The Labute approximate surface area is 188 Å². The minimum atomic E-state index is 0.0133. The van der Waals surface area contributed by atoms with E-state index in [2.05, 4.69) is 74.1 Å². The Morgan fingerprint density at radius 1 is 0.903 bits per heavy atom. The van der Waals surface area contributed by atoms with Crippen molar-refractivity contribution in [2.75, 3.05) is 0 Å². The summed E-state index contributed by atoms with van der Waals surface area (Å²) in [5.41, 5.74) is 9.69. The van der Waals surface area contributed by atoms with Gasteiger partial charge in [0.25, 0.3) is 0 Å². The topological polar surface area (TPSA) is 12.9 Å². The molecule has 0 saturated heterocycles. The highest BCUT2D eigenvalue weighted by Gasteiger charge is 2.40. The van der Waals surface area contributed by atoms with Crippen LogP contribution >= 0.6 is 11.3 Å². The van der Waals surface area contributed by atoms with Gasteiger partial charge < -0.3 is 0 Å². The van der Waals surface area contributed by atoms with Crippen molar-refractivity contribution in [2.45, 2.75) is 39.0 Å². The van der Waals surface area contributed by atoms with Crippen LogP contribution in [0.15, 0.2) is 54.6 Å². The molecule has 3 aromatic carbocycles. The molecule has 0 atom stereocenters. The van der Waals surface area contributed by atoms with Crippen molar-refractivity contribution in [1.29, 1.82) is 0 Å². The lowest BCUT2D eigenvalue weighted by Crippen LogP contribution is -2.23. The van der Waals surface area contributed by atoms with Crippen molar-refractivity contribution in [1.82, 2.24) is 4.98 Å². The number of hydrogen-bond donors (Lipinski definition) is 0. The van der Waals surface area contributed by atoms with Crippen LogP contribution < -0.4 is 0 Å². The van der Waals surface area contributed by atoms with Gasteiger partial charge in [-0.25, -0.2) is 4.98 Å². The van der Waals surface area contributed by atoms with Gasteiger partial charge in [-0.1, -0.05) is 43.9 Å². The number of nitrogens with zero attached hydrogens (tertiary/aromatic N) is 1. The Hall–Kier alpha value is -3.33. The summed E-state index contributed by atoms with van der Waals surface area (Å²) in [7, 11) is 0. The third-order valence-corrected chi connectivity index (χ3v) is 7.71. The van der Waals surface area contributed by atoms with E-state index in [9.17, 15) is 0 Å². The molecule has 0 radical (unpaired) electrons. The molecule has 150 valence electrons. The molecule has 0 amide bonds. The van der Waals surface area contributed by atoms with Crippen molar-refractivity contribution in [3.8, 4) is 45.9 Å². The third-order valence-electron chi connectivity index (χ3n) is 6.64. The highest BCUT2D eigenvalue weighted by molar-refractivity contribution is 7.21. The van der Waals surface area contributed by atoms with E-state index in [1.54, 1.807) is 11.3 Å². The van der Waals surface area contributed by atoms with E-state index in [0.717, 1.165) is 39.2 Å². The lowest BCUT2D eigenvalue weighted by molar-refractivity contribution is 0.490. The molecular formula is C29H23NS. The quantitative estimate of drug-likeness (QED) is 0.316. The van der Waals surface area contributed by atoms with Crippen molar-refractivity contribution >= 4 is 21.6 Å². The minimum Gasteiger partial charge on any atom is -0.236 e. The van der Waals surface area contributed by atoms with Gasteiger partial charge in [0.05, 0.1) is 10.2 Å². The fraction of sp³-hybridized carbons (Fsp3) is 0.207. The standard InChI is InChI=1S/C29H23NS/c1-5-9-20-10-13-22-23-14-12-21(18-25(23)29(7-3,8-4)24(22)16-20)28-30-26-15-11-19(6-2)17-27(26)31-28/h2,10-18H,7-8H2,1,3-4H3. The molecule has 0 aliphatic heterocycles. The average Bonchev–Trinajstić information content (AvgIpc) is 3.35. The zero-order chi connectivity index (χ0) is 21.6. The van der Waals surface area contributed by atoms with Gasteiger partial charge in [-0.2, -0.15) is 0 Å². The number of aromatic nitrogens is 1. The Morgan fingerprint density at radius 2 is 1.61 bits per heavy atom. The van der Waals surface area contributed by atoms with Crippen LogP contribution in [-0.4, -0.2) is 4.98 Å². The van der Waals surface area contributed by atoms with Crippen LogP contribution in [0.25, 0.3) is 31.9 Å². The van der Waals surface area contributed by atoms with Gasteiger partial charge >= 0.3 is 0 Å². The second kappa shape index (κ2) is 7.42. The lowest BCUT2D eigenvalue weighted by Gasteiger charge is -2.30. The molecule has 0 fully saturated rings.